The monoisotopic (exact) mass is 349 g/mol. The average molecular weight is 350 g/mol. The van der Waals surface area contributed by atoms with Crippen LogP contribution in [0.1, 0.15) is 22.8 Å². The highest BCUT2D eigenvalue weighted by Crippen LogP contribution is 2.33. The fourth-order valence-electron chi connectivity index (χ4n) is 2.29. The summed E-state index contributed by atoms with van der Waals surface area (Å²) in [4.78, 5) is 12.7. The first kappa shape index (κ1) is 17.9. The predicted octanol–water partition coefficient (Wildman–Crippen LogP) is 3.90. The highest BCUT2D eigenvalue weighted by Gasteiger charge is 2.23. The zero-order chi connectivity index (χ0) is 17.9. The summed E-state index contributed by atoms with van der Waals surface area (Å²) in [5.74, 6) is 0.948. The SMILES string of the molecule is COc1cc(C(=O)C(C)Oc2ccc(C)cc2N)c(OC)cc1Cl. The summed E-state index contributed by atoms with van der Waals surface area (Å²) in [5, 5.41) is 0.363. The van der Waals surface area contributed by atoms with Crippen LogP contribution in [-0.2, 0) is 0 Å². The lowest BCUT2D eigenvalue weighted by molar-refractivity contribution is 0.0816. The Bertz CT molecular complexity index is 761. The van der Waals surface area contributed by atoms with Gasteiger partial charge in [-0.15, -0.1) is 0 Å². The van der Waals surface area contributed by atoms with Gasteiger partial charge in [-0.3, -0.25) is 4.79 Å². The number of carbonyl (C=O) groups is 1. The molecule has 1 atom stereocenters. The molecule has 2 aromatic carbocycles. The van der Waals surface area contributed by atoms with Crippen molar-refractivity contribution in [2.45, 2.75) is 20.0 Å². The Morgan fingerprint density at radius 3 is 2.33 bits per heavy atom. The van der Waals surface area contributed by atoms with Crippen LogP contribution in [-0.4, -0.2) is 26.1 Å². The van der Waals surface area contributed by atoms with Gasteiger partial charge < -0.3 is 19.9 Å². The summed E-state index contributed by atoms with van der Waals surface area (Å²) >= 11 is 6.07. The van der Waals surface area contributed by atoms with Crippen LogP contribution in [0.5, 0.6) is 17.2 Å². The largest absolute Gasteiger partial charge is 0.496 e. The third-order valence-electron chi connectivity index (χ3n) is 3.58. The van der Waals surface area contributed by atoms with Gasteiger partial charge in [0.05, 0.1) is 30.5 Å². The molecule has 1 unspecified atom stereocenters. The van der Waals surface area contributed by atoms with Crippen LogP contribution in [0.3, 0.4) is 0 Å². The fourth-order valence-corrected chi connectivity index (χ4v) is 2.52. The maximum Gasteiger partial charge on any atom is 0.206 e. The number of methoxy groups -OCH3 is 2. The molecule has 0 spiro atoms. The Kier molecular flexibility index (Phi) is 5.57. The number of nitrogen functional groups attached to an aromatic ring is 1. The third-order valence-corrected chi connectivity index (χ3v) is 3.87. The molecule has 2 rings (SSSR count). The quantitative estimate of drug-likeness (QED) is 0.632. The Morgan fingerprint density at radius 1 is 1.08 bits per heavy atom. The van der Waals surface area contributed by atoms with Crippen LogP contribution in [0.25, 0.3) is 0 Å². The van der Waals surface area contributed by atoms with E-state index < -0.39 is 6.10 Å². The minimum absolute atomic E-state index is 0.262. The van der Waals surface area contributed by atoms with E-state index in [0.717, 1.165) is 5.56 Å². The second-order valence-corrected chi connectivity index (χ2v) is 5.76. The number of benzene rings is 2. The molecule has 0 bridgehead atoms. The van der Waals surface area contributed by atoms with Gasteiger partial charge >= 0.3 is 0 Å². The van der Waals surface area contributed by atoms with E-state index in [1.807, 2.05) is 13.0 Å². The highest BCUT2D eigenvalue weighted by molar-refractivity contribution is 6.32. The van der Waals surface area contributed by atoms with Gasteiger partial charge in [-0.2, -0.15) is 0 Å². The van der Waals surface area contributed by atoms with Crippen LogP contribution in [0, 0.1) is 6.92 Å². The molecule has 0 amide bonds. The lowest BCUT2D eigenvalue weighted by Crippen LogP contribution is -2.25. The van der Waals surface area contributed by atoms with E-state index >= 15 is 0 Å². The van der Waals surface area contributed by atoms with E-state index in [1.54, 1.807) is 31.2 Å². The van der Waals surface area contributed by atoms with Crippen LogP contribution < -0.4 is 19.9 Å². The van der Waals surface area contributed by atoms with Crippen molar-refractivity contribution in [2.24, 2.45) is 0 Å². The molecule has 0 aromatic heterocycles. The summed E-state index contributed by atoms with van der Waals surface area (Å²) in [6, 6.07) is 8.49. The van der Waals surface area contributed by atoms with Crippen molar-refractivity contribution in [2.75, 3.05) is 20.0 Å². The second kappa shape index (κ2) is 7.45. The molecular weight excluding hydrogens is 330 g/mol. The number of hydrogen-bond donors (Lipinski definition) is 1. The van der Waals surface area contributed by atoms with E-state index in [1.165, 1.54) is 14.2 Å². The number of ketones is 1. The Balaban J connectivity index is 2.30. The van der Waals surface area contributed by atoms with Gasteiger partial charge in [0.25, 0.3) is 0 Å². The zero-order valence-electron chi connectivity index (χ0n) is 14.1. The number of anilines is 1. The molecule has 24 heavy (non-hydrogen) atoms. The second-order valence-electron chi connectivity index (χ2n) is 5.35. The first-order valence-electron chi connectivity index (χ1n) is 7.36. The lowest BCUT2D eigenvalue weighted by Gasteiger charge is -2.18. The molecule has 0 fully saturated rings. The van der Waals surface area contributed by atoms with E-state index in [2.05, 4.69) is 0 Å². The molecule has 6 heteroatoms. The van der Waals surface area contributed by atoms with Crippen molar-refractivity contribution in [3.8, 4) is 17.2 Å². The van der Waals surface area contributed by atoms with Gasteiger partial charge in [-0.25, -0.2) is 0 Å². The standard InChI is InChI=1S/C18H20ClNO4/c1-10-5-6-15(14(20)7-10)24-11(2)18(21)12-8-17(23-4)13(19)9-16(12)22-3/h5-9,11H,20H2,1-4H3. The van der Waals surface area contributed by atoms with Gasteiger partial charge in [0.2, 0.25) is 5.78 Å². The summed E-state index contributed by atoms with van der Waals surface area (Å²) in [6.07, 6.45) is -0.755. The van der Waals surface area contributed by atoms with Crippen LogP contribution >= 0.6 is 11.6 Å². The number of carbonyl (C=O) groups excluding carboxylic acids is 1. The van der Waals surface area contributed by atoms with Crippen molar-refractivity contribution >= 4 is 23.1 Å². The molecule has 0 aliphatic carbocycles. The van der Waals surface area contributed by atoms with Gasteiger partial charge in [-0.05, 0) is 37.6 Å². The molecule has 0 saturated heterocycles. The van der Waals surface area contributed by atoms with E-state index in [9.17, 15) is 4.79 Å². The number of rotatable bonds is 6. The molecule has 2 aromatic rings. The molecule has 0 radical (unpaired) electrons. The fraction of sp³-hybridized carbons (Fsp3) is 0.278. The van der Waals surface area contributed by atoms with E-state index in [0.29, 0.717) is 33.5 Å². The molecule has 2 N–H and O–H groups in total. The van der Waals surface area contributed by atoms with Crippen molar-refractivity contribution in [3.05, 3.63) is 46.5 Å². The van der Waals surface area contributed by atoms with E-state index in [-0.39, 0.29) is 5.78 Å². The number of ether oxygens (including phenoxy) is 3. The van der Waals surface area contributed by atoms with Crippen molar-refractivity contribution in [1.29, 1.82) is 0 Å². The highest BCUT2D eigenvalue weighted by atomic mass is 35.5. The third kappa shape index (κ3) is 3.74. The van der Waals surface area contributed by atoms with Gasteiger partial charge in [0.1, 0.15) is 17.2 Å². The summed E-state index contributed by atoms with van der Waals surface area (Å²) < 4.78 is 16.1. The summed E-state index contributed by atoms with van der Waals surface area (Å²) in [7, 11) is 2.95. The van der Waals surface area contributed by atoms with Crippen LogP contribution in [0.15, 0.2) is 30.3 Å². The van der Waals surface area contributed by atoms with Gasteiger partial charge in [0.15, 0.2) is 6.10 Å². The maximum absolute atomic E-state index is 12.7. The van der Waals surface area contributed by atoms with Crippen molar-refractivity contribution in [1.82, 2.24) is 0 Å². The Labute approximate surface area is 146 Å². The molecule has 5 nitrogen and oxygen atoms in total. The summed E-state index contributed by atoms with van der Waals surface area (Å²) in [5.41, 5.74) is 7.76. The Morgan fingerprint density at radius 2 is 1.75 bits per heavy atom. The molecule has 0 aliphatic rings. The first-order chi connectivity index (χ1) is 11.4. The van der Waals surface area contributed by atoms with Gasteiger partial charge in [-0.1, -0.05) is 17.7 Å². The lowest BCUT2D eigenvalue weighted by atomic mass is 10.1. The molecule has 0 saturated carbocycles. The Hall–Kier alpha value is -2.40. The first-order valence-corrected chi connectivity index (χ1v) is 7.73. The zero-order valence-corrected chi connectivity index (χ0v) is 14.8. The number of halogens is 1. The number of Topliss-reactive ketones (excluding diaryl/α,β-unsaturated/α-hetero) is 1. The van der Waals surface area contributed by atoms with Crippen molar-refractivity contribution in [3.63, 3.8) is 0 Å². The van der Waals surface area contributed by atoms with Crippen LogP contribution in [0.2, 0.25) is 5.02 Å². The topological polar surface area (TPSA) is 70.8 Å². The number of hydrogen-bond acceptors (Lipinski definition) is 5. The van der Waals surface area contributed by atoms with Gasteiger partial charge in [0, 0.05) is 6.07 Å². The molecular formula is C18H20ClNO4. The number of nitrogens with two attached hydrogens (primary N) is 1. The normalized spacial score (nSPS) is 11.7. The molecule has 0 heterocycles. The average Bonchev–Trinajstić information content (AvgIpc) is 2.56. The van der Waals surface area contributed by atoms with Crippen LogP contribution in [0.4, 0.5) is 5.69 Å². The smallest absolute Gasteiger partial charge is 0.206 e. The minimum Gasteiger partial charge on any atom is -0.496 e. The minimum atomic E-state index is -0.755. The van der Waals surface area contributed by atoms with Crippen molar-refractivity contribution < 1.29 is 19.0 Å². The predicted molar refractivity (Wildman–Crippen MR) is 94.6 cm³/mol. The van der Waals surface area contributed by atoms with E-state index in [4.69, 9.17) is 31.5 Å². The summed E-state index contributed by atoms with van der Waals surface area (Å²) in [6.45, 7) is 3.59. The number of aryl methyl sites for hydroxylation is 1. The maximum atomic E-state index is 12.7. The molecule has 128 valence electrons. The molecule has 0 aliphatic heterocycles.